The Balaban J connectivity index is 2.29. The van der Waals surface area contributed by atoms with Crippen LogP contribution in [0.25, 0.3) is 0 Å². The molecule has 2 rings (SSSR count). The number of aromatic nitrogens is 3. The SMILES string of the molecule is CCCNc1cccnc1S(=O)(=O)Nc1cnn(C)c1. The van der Waals surface area contributed by atoms with Crippen LogP contribution in [0.4, 0.5) is 11.4 Å². The minimum Gasteiger partial charge on any atom is -0.383 e. The Kier molecular flexibility index (Phi) is 4.23. The fraction of sp³-hybridized carbons (Fsp3) is 0.333. The Hall–Kier alpha value is -2.09. The second-order valence-corrected chi connectivity index (χ2v) is 5.89. The summed E-state index contributed by atoms with van der Waals surface area (Å²) in [5.41, 5.74) is 0.894. The molecule has 0 aliphatic carbocycles. The molecule has 2 aromatic rings. The Bertz CT molecular complexity index is 681. The molecule has 2 N–H and O–H groups in total. The van der Waals surface area contributed by atoms with E-state index in [9.17, 15) is 8.42 Å². The third-order valence-electron chi connectivity index (χ3n) is 2.55. The van der Waals surface area contributed by atoms with Crippen LogP contribution in [-0.4, -0.2) is 29.7 Å². The second-order valence-electron chi connectivity index (χ2n) is 4.29. The van der Waals surface area contributed by atoms with Gasteiger partial charge in [-0.05, 0) is 18.6 Å². The first-order valence-corrected chi connectivity index (χ1v) is 7.71. The molecule has 8 heteroatoms. The van der Waals surface area contributed by atoms with Gasteiger partial charge in [-0.1, -0.05) is 6.92 Å². The van der Waals surface area contributed by atoms with E-state index in [1.165, 1.54) is 17.1 Å². The molecule has 0 aromatic carbocycles. The largest absolute Gasteiger partial charge is 0.383 e. The molecule has 108 valence electrons. The first-order valence-electron chi connectivity index (χ1n) is 6.23. The van der Waals surface area contributed by atoms with Crippen molar-refractivity contribution in [3.05, 3.63) is 30.7 Å². The maximum atomic E-state index is 12.3. The van der Waals surface area contributed by atoms with Crippen LogP contribution >= 0.6 is 0 Å². The van der Waals surface area contributed by atoms with Crippen molar-refractivity contribution in [1.29, 1.82) is 0 Å². The van der Waals surface area contributed by atoms with Gasteiger partial charge in [-0.2, -0.15) is 13.5 Å². The zero-order chi connectivity index (χ0) is 14.6. The summed E-state index contributed by atoms with van der Waals surface area (Å²) in [6.07, 6.45) is 5.37. The first kappa shape index (κ1) is 14.3. The zero-order valence-electron chi connectivity index (χ0n) is 11.4. The molecule has 20 heavy (non-hydrogen) atoms. The van der Waals surface area contributed by atoms with Crippen LogP contribution in [0, 0.1) is 0 Å². The van der Waals surface area contributed by atoms with Gasteiger partial charge in [-0.15, -0.1) is 0 Å². The number of nitrogens with zero attached hydrogens (tertiary/aromatic N) is 3. The van der Waals surface area contributed by atoms with Crippen molar-refractivity contribution in [3.63, 3.8) is 0 Å². The Labute approximate surface area is 118 Å². The lowest BCUT2D eigenvalue weighted by Gasteiger charge is -2.11. The predicted octanol–water partition coefficient (Wildman–Crippen LogP) is 1.44. The lowest BCUT2D eigenvalue weighted by Crippen LogP contribution is -2.17. The van der Waals surface area contributed by atoms with Gasteiger partial charge in [-0.3, -0.25) is 9.40 Å². The van der Waals surface area contributed by atoms with Gasteiger partial charge in [0, 0.05) is 26.0 Å². The Morgan fingerprint density at radius 3 is 2.85 bits per heavy atom. The summed E-state index contributed by atoms with van der Waals surface area (Å²) >= 11 is 0. The first-order chi connectivity index (χ1) is 9.53. The number of nitrogens with one attached hydrogen (secondary N) is 2. The summed E-state index contributed by atoms with van der Waals surface area (Å²) in [5.74, 6) is 0. The van der Waals surface area contributed by atoms with Crippen LogP contribution in [0.2, 0.25) is 0 Å². The lowest BCUT2D eigenvalue weighted by molar-refractivity contribution is 0.598. The van der Waals surface area contributed by atoms with Crippen molar-refractivity contribution in [2.75, 3.05) is 16.6 Å². The summed E-state index contributed by atoms with van der Waals surface area (Å²) in [7, 11) is -2.02. The smallest absolute Gasteiger partial charge is 0.281 e. The fourth-order valence-electron chi connectivity index (χ4n) is 1.68. The maximum absolute atomic E-state index is 12.3. The molecule has 0 aliphatic rings. The fourth-order valence-corrected chi connectivity index (χ4v) is 2.82. The molecular formula is C12H17N5O2S. The number of anilines is 2. The van der Waals surface area contributed by atoms with Crippen molar-refractivity contribution < 1.29 is 8.42 Å². The molecule has 0 atom stereocenters. The van der Waals surface area contributed by atoms with Crippen molar-refractivity contribution in [2.24, 2.45) is 7.05 Å². The van der Waals surface area contributed by atoms with Crippen LogP contribution < -0.4 is 10.0 Å². The monoisotopic (exact) mass is 295 g/mol. The topological polar surface area (TPSA) is 88.9 Å². The summed E-state index contributed by atoms with van der Waals surface area (Å²) in [4.78, 5) is 3.97. The molecule has 0 radical (unpaired) electrons. The highest BCUT2D eigenvalue weighted by atomic mass is 32.2. The number of rotatable bonds is 6. The zero-order valence-corrected chi connectivity index (χ0v) is 12.2. The van der Waals surface area contributed by atoms with Crippen LogP contribution in [0.1, 0.15) is 13.3 Å². The molecule has 0 spiro atoms. The van der Waals surface area contributed by atoms with Gasteiger partial charge in [0.1, 0.15) is 0 Å². The van der Waals surface area contributed by atoms with Crippen molar-refractivity contribution >= 4 is 21.4 Å². The molecule has 0 fully saturated rings. The van der Waals surface area contributed by atoms with Crippen LogP contribution in [0.3, 0.4) is 0 Å². The number of aryl methyl sites for hydroxylation is 1. The summed E-state index contributed by atoms with van der Waals surface area (Å²) in [5, 5.41) is 6.96. The normalized spacial score (nSPS) is 11.3. The Morgan fingerprint density at radius 2 is 2.20 bits per heavy atom. The van der Waals surface area contributed by atoms with Gasteiger partial charge >= 0.3 is 0 Å². The molecule has 2 aromatic heterocycles. The molecule has 7 nitrogen and oxygen atoms in total. The predicted molar refractivity (Wildman–Crippen MR) is 77.0 cm³/mol. The highest BCUT2D eigenvalue weighted by Crippen LogP contribution is 2.20. The van der Waals surface area contributed by atoms with E-state index in [0.29, 0.717) is 17.9 Å². The van der Waals surface area contributed by atoms with Crippen molar-refractivity contribution in [2.45, 2.75) is 18.4 Å². The molecule has 0 bridgehead atoms. The molecular weight excluding hydrogens is 278 g/mol. The number of hydrogen-bond acceptors (Lipinski definition) is 5. The average molecular weight is 295 g/mol. The third-order valence-corrected chi connectivity index (χ3v) is 3.89. The standard InChI is InChI=1S/C12H17N5O2S/c1-3-6-13-11-5-4-7-14-12(11)20(18,19)16-10-8-15-17(2)9-10/h4-5,7-9,13,16H,3,6H2,1-2H3. The molecule has 0 amide bonds. The average Bonchev–Trinajstić information content (AvgIpc) is 2.81. The van der Waals surface area contributed by atoms with E-state index in [0.717, 1.165) is 6.42 Å². The quantitative estimate of drug-likeness (QED) is 0.841. The minimum atomic E-state index is -3.74. The van der Waals surface area contributed by atoms with E-state index in [-0.39, 0.29) is 5.03 Å². The van der Waals surface area contributed by atoms with E-state index in [1.807, 2.05) is 6.92 Å². The van der Waals surface area contributed by atoms with Gasteiger partial charge in [-0.25, -0.2) is 4.98 Å². The summed E-state index contributed by atoms with van der Waals surface area (Å²) < 4.78 is 28.7. The van der Waals surface area contributed by atoms with Gasteiger partial charge in [0.2, 0.25) is 0 Å². The van der Waals surface area contributed by atoms with E-state index < -0.39 is 10.0 Å². The molecule has 0 unspecified atom stereocenters. The van der Waals surface area contributed by atoms with E-state index >= 15 is 0 Å². The van der Waals surface area contributed by atoms with Gasteiger partial charge < -0.3 is 5.32 Å². The highest BCUT2D eigenvalue weighted by Gasteiger charge is 2.20. The second kappa shape index (κ2) is 5.91. The molecule has 0 aliphatic heterocycles. The van der Waals surface area contributed by atoms with Gasteiger partial charge in [0.25, 0.3) is 10.0 Å². The minimum absolute atomic E-state index is 0.0164. The number of pyridine rings is 1. The summed E-state index contributed by atoms with van der Waals surface area (Å²) in [6, 6.07) is 3.39. The summed E-state index contributed by atoms with van der Waals surface area (Å²) in [6.45, 7) is 2.69. The molecule has 0 saturated carbocycles. The van der Waals surface area contributed by atoms with Crippen LogP contribution in [-0.2, 0) is 17.1 Å². The molecule has 0 saturated heterocycles. The number of sulfonamides is 1. The Morgan fingerprint density at radius 1 is 1.40 bits per heavy atom. The number of hydrogen-bond donors (Lipinski definition) is 2. The van der Waals surface area contributed by atoms with Crippen molar-refractivity contribution in [1.82, 2.24) is 14.8 Å². The van der Waals surface area contributed by atoms with E-state index in [1.54, 1.807) is 25.4 Å². The lowest BCUT2D eigenvalue weighted by atomic mass is 10.4. The van der Waals surface area contributed by atoms with Gasteiger partial charge in [0.15, 0.2) is 5.03 Å². The van der Waals surface area contributed by atoms with Crippen molar-refractivity contribution in [3.8, 4) is 0 Å². The van der Waals surface area contributed by atoms with Gasteiger partial charge in [0.05, 0.1) is 17.6 Å². The van der Waals surface area contributed by atoms with E-state index in [4.69, 9.17) is 0 Å². The third kappa shape index (κ3) is 3.27. The van der Waals surface area contributed by atoms with Crippen LogP contribution in [0.5, 0.6) is 0 Å². The highest BCUT2D eigenvalue weighted by molar-refractivity contribution is 7.92. The van der Waals surface area contributed by atoms with E-state index in [2.05, 4.69) is 20.1 Å². The van der Waals surface area contributed by atoms with Crippen LogP contribution in [0.15, 0.2) is 35.7 Å². The molecule has 2 heterocycles. The maximum Gasteiger partial charge on any atom is 0.281 e.